The van der Waals surface area contributed by atoms with Crippen LogP contribution in [0.5, 0.6) is 0 Å². The lowest BCUT2D eigenvalue weighted by molar-refractivity contribution is -0.133. The van der Waals surface area contributed by atoms with Gasteiger partial charge in [-0.05, 0) is 31.4 Å². The van der Waals surface area contributed by atoms with Gasteiger partial charge in [-0.15, -0.1) is 0 Å². The topological polar surface area (TPSA) is 78.5 Å². The summed E-state index contributed by atoms with van der Waals surface area (Å²) in [7, 11) is 0. The third kappa shape index (κ3) is 3.69. The van der Waals surface area contributed by atoms with Gasteiger partial charge in [-0.1, -0.05) is 13.8 Å². The molecular weight excluding hydrogens is 320 g/mol. The smallest absolute Gasteiger partial charge is 0.323 e. The highest BCUT2D eigenvalue weighted by atomic mass is 19.1. The lowest BCUT2D eigenvalue weighted by Gasteiger charge is -2.23. The molecule has 6 nitrogen and oxygen atoms in total. The zero-order valence-corrected chi connectivity index (χ0v) is 13.7. The van der Waals surface area contributed by atoms with Crippen LogP contribution < -0.4 is 10.6 Å². The van der Waals surface area contributed by atoms with Crippen LogP contribution in [0.15, 0.2) is 18.2 Å². The van der Waals surface area contributed by atoms with Gasteiger partial charge < -0.3 is 10.6 Å². The molecule has 1 aliphatic heterocycles. The average Bonchev–Trinajstić information content (AvgIpc) is 2.64. The monoisotopic (exact) mass is 339 g/mol. The summed E-state index contributed by atoms with van der Waals surface area (Å²) in [6.07, 6.45) is 0.433. The van der Waals surface area contributed by atoms with E-state index in [0.29, 0.717) is 12.5 Å². The molecule has 1 aromatic rings. The Labute approximate surface area is 138 Å². The number of benzene rings is 1. The maximum atomic E-state index is 13.5. The molecule has 1 saturated heterocycles. The number of carbonyl (C=O) groups excluding carboxylic acids is 3. The summed E-state index contributed by atoms with van der Waals surface area (Å²) in [5.41, 5.74) is -1.29. The molecular formula is C16H19F2N3O3. The quantitative estimate of drug-likeness (QED) is 0.808. The molecule has 1 atom stereocenters. The Bertz CT molecular complexity index is 693. The molecule has 1 heterocycles. The van der Waals surface area contributed by atoms with Crippen molar-refractivity contribution in [3.8, 4) is 0 Å². The molecule has 8 heteroatoms. The standard InChI is InChI=1S/C16H19F2N3O3/c1-9(2)7-16(3)14(23)21(15(24)20-16)8-13(22)19-12-5-4-10(17)6-11(12)18/h4-6,9H,7-8H2,1-3H3,(H,19,22)(H,20,24)/t16-/m1/s1. The number of urea groups is 1. The van der Waals surface area contributed by atoms with E-state index in [2.05, 4.69) is 10.6 Å². The minimum Gasteiger partial charge on any atom is -0.323 e. The predicted molar refractivity (Wildman–Crippen MR) is 83.1 cm³/mol. The van der Waals surface area contributed by atoms with Crippen LogP contribution in [0.25, 0.3) is 0 Å². The van der Waals surface area contributed by atoms with E-state index in [1.165, 1.54) is 0 Å². The first-order chi connectivity index (χ1) is 11.1. The van der Waals surface area contributed by atoms with Crippen LogP contribution in [0, 0.1) is 17.6 Å². The average molecular weight is 339 g/mol. The van der Waals surface area contributed by atoms with Crippen LogP contribution in [0.3, 0.4) is 0 Å². The molecule has 0 radical (unpaired) electrons. The van der Waals surface area contributed by atoms with Crippen LogP contribution in [-0.4, -0.2) is 34.8 Å². The number of nitrogens with zero attached hydrogens (tertiary/aromatic N) is 1. The van der Waals surface area contributed by atoms with Crippen LogP contribution in [0.4, 0.5) is 19.3 Å². The van der Waals surface area contributed by atoms with Crippen molar-refractivity contribution >= 4 is 23.5 Å². The fourth-order valence-electron chi connectivity index (χ4n) is 2.77. The van der Waals surface area contributed by atoms with Crippen molar-refractivity contribution in [1.29, 1.82) is 0 Å². The van der Waals surface area contributed by atoms with Crippen molar-refractivity contribution in [3.63, 3.8) is 0 Å². The first-order valence-electron chi connectivity index (χ1n) is 7.51. The number of amides is 4. The second kappa shape index (κ2) is 6.54. The predicted octanol–water partition coefficient (Wildman–Crippen LogP) is 2.26. The van der Waals surface area contributed by atoms with E-state index in [9.17, 15) is 23.2 Å². The zero-order chi connectivity index (χ0) is 18.1. The van der Waals surface area contributed by atoms with E-state index < -0.39 is 41.6 Å². The highest BCUT2D eigenvalue weighted by Gasteiger charge is 2.48. The van der Waals surface area contributed by atoms with Crippen LogP contribution >= 0.6 is 0 Å². The van der Waals surface area contributed by atoms with Gasteiger partial charge >= 0.3 is 6.03 Å². The summed E-state index contributed by atoms with van der Waals surface area (Å²) in [5, 5.41) is 4.80. The molecule has 2 N–H and O–H groups in total. The highest BCUT2D eigenvalue weighted by molar-refractivity contribution is 6.09. The Kier molecular flexibility index (Phi) is 4.86. The van der Waals surface area contributed by atoms with Crippen molar-refractivity contribution in [2.24, 2.45) is 5.92 Å². The maximum Gasteiger partial charge on any atom is 0.325 e. The van der Waals surface area contributed by atoms with E-state index in [4.69, 9.17) is 0 Å². The van der Waals surface area contributed by atoms with Crippen LogP contribution in [-0.2, 0) is 9.59 Å². The molecule has 0 aliphatic carbocycles. The molecule has 0 unspecified atom stereocenters. The Balaban J connectivity index is 2.06. The highest BCUT2D eigenvalue weighted by Crippen LogP contribution is 2.25. The van der Waals surface area contributed by atoms with Crippen LogP contribution in [0.2, 0.25) is 0 Å². The van der Waals surface area contributed by atoms with Crippen molar-refractivity contribution < 1.29 is 23.2 Å². The molecule has 24 heavy (non-hydrogen) atoms. The number of hydrogen-bond acceptors (Lipinski definition) is 3. The zero-order valence-electron chi connectivity index (χ0n) is 13.7. The lowest BCUT2D eigenvalue weighted by Crippen LogP contribution is -2.45. The van der Waals surface area contributed by atoms with Gasteiger partial charge in [0.2, 0.25) is 5.91 Å². The molecule has 2 rings (SSSR count). The lowest BCUT2D eigenvalue weighted by atomic mass is 9.91. The molecule has 0 spiro atoms. The minimum atomic E-state index is -1.06. The van der Waals surface area contributed by atoms with E-state index >= 15 is 0 Å². The Morgan fingerprint density at radius 2 is 2.00 bits per heavy atom. The van der Waals surface area contributed by atoms with Gasteiger partial charge in [0.25, 0.3) is 5.91 Å². The third-order valence-corrected chi connectivity index (χ3v) is 3.67. The molecule has 1 aromatic carbocycles. The molecule has 1 aliphatic rings. The Morgan fingerprint density at radius 1 is 1.33 bits per heavy atom. The number of nitrogens with one attached hydrogen (secondary N) is 2. The molecule has 130 valence electrons. The molecule has 0 aromatic heterocycles. The van der Waals surface area contributed by atoms with Crippen molar-refractivity contribution in [2.75, 3.05) is 11.9 Å². The fourth-order valence-corrected chi connectivity index (χ4v) is 2.77. The largest absolute Gasteiger partial charge is 0.325 e. The molecule has 0 bridgehead atoms. The summed E-state index contributed by atoms with van der Waals surface area (Å²) in [6, 6.07) is 2.02. The summed E-state index contributed by atoms with van der Waals surface area (Å²) in [4.78, 5) is 37.2. The Morgan fingerprint density at radius 3 is 2.58 bits per heavy atom. The number of hydrogen-bond donors (Lipinski definition) is 2. The van der Waals surface area contributed by atoms with Crippen molar-refractivity contribution in [1.82, 2.24) is 10.2 Å². The number of anilines is 1. The van der Waals surface area contributed by atoms with Gasteiger partial charge in [-0.3, -0.25) is 14.5 Å². The number of rotatable bonds is 5. The van der Waals surface area contributed by atoms with Gasteiger partial charge in [0.15, 0.2) is 0 Å². The fraction of sp³-hybridized carbons (Fsp3) is 0.438. The number of carbonyl (C=O) groups is 3. The van der Waals surface area contributed by atoms with Gasteiger partial charge in [0.05, 0.1) is 5.69 Å². The maximum absolute atomic E-state index is 13.5. The molecule has 1 fully saturated rings. The molecule has 0 saturated carbocycles. The molecule has 4 amide bonds. The SMILES string of the molecule is CC(C)C[C@@]1(C)NC(=O)N(CC(=O)Nc2ccc(F)cc2F)C1=O. The second-order valence-corrected chi connectivity index (χ2v) is 6.42. The van der Waals surface area contributed by atoms with E-state index in [1.54, 1.807) is 6.92 Å². The van der Waals surface area contributed by atoms with Gasteiger partial charge in [-0.25, -0.2) is 13.6 Å². The van der Waals surface area contributed by atoms with Gasteiger partial charge in [-0.2, -0.15) is 0 Å². The summed E-state index contributed by atoms with van der Waals surface area (Å²) in [5.74, 6) is -2.80. The van der Waals surface area contributed by atoms with E-state index in [1.807, 2.05) is 13.8 Å². The first kappa shape index (κ1) is 17.8. The van der Waals surface area contributed by atoms with Crippen molar-refractivity contribution in [2.45, 2.75) is 32.7 Å². The second-order valence-electron chi connectivity index (χ2n) is 6.42. The summed E-state index contributed by atoms with van der Waals surface area (Å²) >= 11 is 0. The van der Waals surface area contributed by atoms with Crippen LogP contribution in [0.1, 0.15) is 27.2 Å². The summed E-state index contributed by atoms with van der Waals surface area (Å²) < 4.78 is 26.4. The van der Waals surface area contributed by atoms with E-state index in [0.717, 1.165) is 17.0 Å². The normalized spacial score (nSPS) is 20.5. The first-order valence-corrected chi connectivity index (χ1v) is 7.51. The van der Waals surface area contributed by atoms with Gasteiger partial charge in [0, 0.05) is 6.07 Å². The number of imide groups is 1. The van der Waals surface area contributed by atoms with E-state index in [-0.39, 0.29) is 11.6 Å². The van der Waals surface area contributed by atoms with Crippen molar-refractivity contribution in [3.05, 3.63) is 29.8 Å². The third-order valence-electron chi connectivity index (χ3n) is 3.67. The number of halogens is 2. The summed E-state index contributed by atoms with van der Waals surface area (Å²) in [6.45, 7) is 4.88. The Hall–Kier alpha value is -2.51. The minimum absolute atomic E-state index is 0.168. The van der Waals surface area contributed by atoms with Gasteiger partial charge in [0.1, 0.15) is 23.7 Å².